The van der Waals surface area contributed by atoms with Gasteiger partial charge in [0.25, 0.3) is 0 Å². The summed E-state index contributed by atoms with van der Waals surface area (Å²) in [4.78, 5) is 13.6. The van der Waals surface area contributed by atoms with Crippen LogP contribution in [-0.4, -0.2) is 17.9 Å². The summed E-state index contributed by atoms with van der Waals surface area (Å²) in [6.45, 7) is 7.92. The quantitative estimate of drug-likeness (QED) is 0.773. The lowest BCUT2D eigenvalue weighted by Crippen LogP contribution is -2.36. The molecular weight excluding hydrogens is 217 g/mol. The van der Waals surface area contributed by atoms with Crippen LogP contribution in [0.2, 0.25) is 0 Å². The number of hydrogen-bond donors (Lipinski definition) is 0. The van der Waals surface area contributed by atoms with Crippen molar-refractivity contribution in [3.05, 3.63) is 35.1 Å². The fourth-order valence-corrected chi connectivity index (χ4v) is 1.82. The molecule has 0 aromatic heterocycles. The lowest BCUT2D eigenvalue weighted by Gasteiger charge is -2.26. The Morgan fingerprint density at radius 3 is 2.35 bits per heavy atom. The van der Waals surface area contributed by atoms with Gasteiger partial charge in [-0.1, -0.05) is 26.8 Å². The normalized spacial score (nSPS) is 11.4. The van der Waals surface area contributed by atoms with E-state index < -0.39 is 5.41 Å². The zero-order chi connectivity index (χ0) is 13.2. The molecule has 3 heteroatoms. The molecule has 1 rings (SSSR count). The Labute approximate surface area is 102 Å². The average molecular weight is 237 g/mol. The topological polar surface area (TPSA) is 20.3 Å². The Kier molecular flexibility index (Phi) is 3.91. The number of amides is 1. The molecule has 17 heavy (non-hydrogen) atoms. The van der Waals surface area contributed by atoms with E-state index in [9.17, 15) is 9.18 Å². The largest absolute Gasteiger partial charge is 0.341 e. The molecule has 0 N–H and O–H groups in total. The lowest BCUT2D eigenvalue weighted by atomic mass is 9.94. The second kappa shape index (κ2) is 4.86. The van der Waals surface area contributed by atoms with Crippen LogP contribution in [-0.2, 0) is 11.3 Å². The van der Waals surface area contributed by atoms with Crippen molar-refractivity contribution < 1.29 is 9.18 Å². The zero-order valence-electron chi connectivity index (χ0n) is 11.2. The summed E-state index contributed by atoms with van der Waals surface area (Å²) >= 11 is 0. The van der Waals surface area contributed by atoms with Gasteiger partial charge in [0, 0.05) is 19.0 Å². The number of nitrogens with zero attached hydrogens (tertiary/aromatic N) is 1. The van der Waals surface area contributed by atoms with Crippen LogP contribution in [0.15, 0.2) is 18.2 Å². The number of benzene rings is 1. The number of aryl methyl sites for hydroxylation is 1. The van der Waals surface area contributed by atoms with Crippen LogP contribution < -0.4 is 0 Å². The number of hydrogen-bond acceptors (Lipinski definition) is 1. The smallest absolute Gasteiger partial charge is 0.227 e. The van der Waals surface area contributed by atoms with Crippen LogP contribution >= 0.6 is 0 Å². The molecule has 0 bridgehead atoms. The van der Waals surface area contributed by atoms with E-state index in [0.717, 1.165) is 11.1 Å². The van der Waals surface area contributed by atoms with Crippen LogP contribution in [0, 0.1) is 18.2 Å². The summed E-state index contributed by atoms with van der Waals surface area (Å²) in [7, 11) is 1.74. The second-order valence-electron chi connectivity index (χ2n) is 5.55. The third kappa shape index (κ3) is 3.84. The van der Waals surface area contributed by atoms with E-state index >= 15 is 0 Å². The fraction of sp³-hybridized carbons (Fsp3) is 0.500. The van der Waals surface area contributed by atoms with E-state index in [1.54, 1.807) is 11.9 Å². The Morgan fingerprint density at radius 2 is 1.88 bits per heavy atom. The maximum atomic E-state index is 13.2. The molecule has 0 saturated heterocycles. The molecule has 1 aromatic rings. The van der Waals surface area contributed by atoms with Crippen molar-refractivity contribution in [2.24, 2.45) is 5.41 Å². The number of rotatable bonds is 2. The zero-order valence-corrected chi connectivity index (χ0v) is 11.2. The van der Waals surface area contributed by atoms with Gasteiger partial charge >= 0.3 is 0 Å². The van der Waals surface area contributed by atoms with Gasteiger partial charge < -0.3 is 4.90 Å². The first-order valence-electron chi connectivity index (χ1n) is 5.72. The van der Waals surface area contributed by atoms with Crippen LogP contribution in [0.3, 0.4) is 0 Å². The van der Waals surface area contributed by atoms with E-state index in [1.807, 2.05) is 33.8 Å². The van der Waals surface area contributed by atoms with Crippen molar-refractivity contribution in [3.8, 4) is 0 Å². The number of carbonyl (C=O) groups excluding carboxylic acids is 1. The highest BCUT2D eigenvalue weighted by Crippen LogP contribution is 2.18. The first-order valence-corrected chi connectivity index (χ1v) is 5.72. The maximum absolute atomic E-state index is 13.2. The fourth-order valence-electron chi connectivity index (χ4n) is 1.82. The van der Waals surface area contributed by atoms with E-state index in [2.05, 4.69) is 0 Å². The monoisotopic (exact) mass is 237 g/mol. The lowest BCUT2D eigenvalue weighted by molar-refractivity contribution is -0.138. The Bertz CT molecular complexity index is 400. The minimum absolute atomic E-state index is 0.0550. The van der Waals surface area contributed by atoms with E-state index in [4.69, 9.17) is 0 Å². The second-order valence-corrected chi connectivity index (χ2v) is 5.55. The third-order valence-electron chi connectivity index (χ3n) is 2.51. The van der Waals surface area contributed by atoms with Crippen LogP contribution in [0.25, 0.3) is 0 Å². The van der Waals surface area contributed by atoms with Crippen molar-refractivity contribution >= 4 is 5.91 Å². The Balaban J connectivity index is 2.81. The van der Waals surface area contributed by atoms with Crippen molar-refractivity contribution in [1.82, 2.24) is 4.90 Å². The molecule has 0 aliphatic rings. The predicted octanol–water partition coefficient (Wildman–Crippen LogP) is 3.14. The molecule has 0 aliphatic heterocycles. The van der Waals surface area contributed by atoms with Gasteiger partial charge in [0.05, 0.1) is 0 Å². The molecule has 0 fully saturated rings. The molecule has 0 unspecified atom stereocenters. The highest BCUT2D eigenvalue weighted by Gasteiger charge is 2.24. The summed E-state index contributed by atoms with van der Waals surface area (Å²) in [5, 5.41) is 0. The highest BCUT2D eigenvalue weighted by atomic mass is 19.1. The molecule has 1 amide bonds. The molecule has 0 spiro atoms. The predicted molar refractivity (Wildman–Crippen MR) is 67.1 cm³/mol. The van der Waals surface area contributed by atoms with Crippen molar-refractivity contribution in [2.45, 2.75) is 34.2 Å². The number of halogens is 1. The summed E-state index contributed by atoms with van der Waals surface area (Å²) in [6.07, 6.45) is 0. The summed E-state index contributed by atoms with van der Waals surface area (Å²) in [5.74, 6) is -0.198. The van der Waals surface area contributed by atoms with E-state index in [0.29, 0.717) is 6.54 Å². The van der Waals surface area contributed by atoms with Gasteiger partial charge in [0.2, 0.25) is 5.91 Å². The number of carbonyl (C=O) groups is 1. The highest BCUT2D eigenvalue weighted by molar-refractivity contribution is 5.81. The van der Waals surface area contributed by atoms with E-state index in [-0.39, 0.29) is 11.7 Å². The maximum Gasteiger partial charge on any atom is 0.227 e. The molecule has 1 aromatic carbocycles. The molecule has 0 aliphatic carbocycles. The molecule has 0 heterocycles. The van der Waals surface area contributed by atoms with Crippen molar-refractivity contribution in [3.63, 3.8) is 0 Å². The Morgan fingerprint density at radius 1 is 1.29 bits per heavy atom. The molecule has 0 atom stereocenters. The standard InChI is InChI=1S/C14H20FNO/c1-10-6-11(8-12(15)7-10)9-16(5)13(17)14(2,3)4/h6-8H,9H2,1-5H3. The van der Waals surface area contributed by atoms with Gasteiger partial charge in [-0.2, -0.15) is 0 Å². The molecule has 2 nitrogen and oxygen atoms in total. The average Bonchev–Trinajstić information content (AvgIpc) is 2.13. The van der Waals surface area contributed by atoms with Gasteiger partial charge in [0.15, 0.2) is 0 Å². The van der Waals surface area contributed by atoms with Crippen molar-refractivity contribution in [1.29, 1.82) is 0 Å². The van der Waals surface area contributed by atoms with Gasteiger partial charge in [0.1, 0.15) is 5.82 Å². The third-order valence-corrected chi connectivity index (χ3v) is 2.51. The summed E-state index contributed by atoms with van der Waals surface area (Å²) in [6, 6.07) is 4.85. The van der Waals surface area contributed by atoms with Gasteiger partial charge in [-0.05, 0) is 30.2 Å². The van der Waals surface area contributed by atoms with Gasteiger partial charge in [-0.3, -0.25) is 4.79 Å². The Hall–Kier alpha value is -1.38. The molecular formula is C14H20FNO. The summed E-state index contributed by atoms with van der Waals surface area (Å²) < 4.78 is 13.2. The van der Waals surface area contributed by atoms with Crippen LogP contribution in [0.4, 0.5) is 4.39 Å². The van der Waals surface area contributed by atoms with Crippen LogP contribution in [0.5, 0.6) is 0 Å². The first-order chi connectivity index (χ1) is 7.70. The van der Waals surface area contributed by atoms with Gasteiger partial charge in [-0.15, -0.1) is 0 Å². The minimum atomic E-state index is -0.406. The molecule has 0 saturated carbocycles. The SMILES string of the molecule is Cc1cc(F)cc(CN(C)C(=O)C(C)(C)C)c1. The van der Waals surface area contributed by atoms with Crippen LogP contribution in [0.1, 0.15) is 31.9 Å². The summed E-state index contributed by atoms with van der Waals surface area (Å²) in [5.41, 5.74) is 1.29. The van der Waals surface area contributed by atoms with Crippen molar-refractivity contribution in [2.75, 3.05) is 7.05 Å². The molecule has 0 radical (unpaired) electrons. The minimum Gasteiger partial charge on any atom is -0.341 e. The molecule has 94 valence electrons. The van der Waals surface area contributed by atoms with E-state index in [1.165, 1.54) is 12.1 Å². The first kappa shape index (κ1) is 13.7. The van der Waals surface area contributed by atoms with Gasteiger partial charge in [-0.25, -0.2) is 4.39 Å².